The van der Waals surface area contributed by atoms with E-state index in [-0.39, 0.29) is 24.3 Å². The van der Waals surface area contributed by atoms with Gasteiger partial charge in [-0.1, -0.05) is 85.6 Å². The molecule has 0 aliphatic carbocycles. The molecule has 0 radical (unpaired) electrons. The van der Waals surface area contributed by atoms with Crippen molar-refractivity contribution in [3.05, 3.63) is 100 Å². The molecular formula is C29H28Cl2N4O2. The molecule has 6 nitrogen and oxygen atoms in total. The second-order valence-corrected chi connectivity index (χ2v) is 10.0. The van der Waals surface area contributed by atoms with Gasteiger partial charge in [-0.05, 0) is 42.7 Å². The molecular weight excluding hydrogens is 507 g/mol. The van der Waals surface area contributed by atoms with Crippen LogP contribution >= 0.6 is 23.2 Å². The van der Waals surface area contributed by atoms with Crippen LogP contribution in [0, 0.1) is 12.8 Å². The number of halogens is 2. The van der Waals surface area contributed by atoms with Crippen LogP contribution in [-0.2, 0) is 4.79 Å². The molecule has 0 saturated carbocycles. The summed E-state index contributed by atoms with van der Waals surface area (Å²) >= 11 is 12.4. The summed E-state index contributed by atoms with van der Waals surface area (Å²) in [5.41, 5.74) is 3.67. The van der Waals surface area contributed by atoms with Crippen LogP contribution in [-0.4, -0.2) is 39.6 Å². The lowest BCUT2D eigenvalue weighted by molar-refractivity contribution is -0.117. The first-order valence-corrected chi connectivity index (χ1v) is 12.7. The number of hydrogen-bond donors (Lipinski definition) is 1. The minimum Gasteiger partial charge on any atom is -0.329 e. The molecule has 4 aromatic rings. The molecule has 0 fully saturated rings. The average Bonchev–Trinajstić information content (AvgIpc) is 3.29. The topological polar surface area (TPSA) is 67.2 Å². The molecule has 0 bridgehead atoms. The highest BCUT2D eigenvalue weighted by molar-refractivity contribution is 6.42. The smallest absolute Gasteiger partial charge is 0.254 e. The number of hydrogen-bond acceptors (Lipinski definition) is 3. The van der Waals surface area contributed by atoms with E-state index in [0.717, 1.165) is 11.1 Å². The summed E-state index contributed by atoms with van der Waals surface area (Å²) < 4.78 is 1.61. The van der Waals surface area contributed by atoms with Crippen molar-refractivity contribution >= 4 is 40.8 Å². The van der Waals surface area contributed by atoms with Crippen molar-refractivity contribution in [3.8, 4) is 16.9 Å². The van der Waals surface area contributed by atoms with E-state index >= 15 is 0 Å². The van der Waals surface area contributed by atoms with E-state index in [2.05, 4.69) is 5.32 Å². The van der Waals surface area contributed by atoms with Gasteiger partial charge >= 0.3 is 0 Å². The number of amides is 2. The highest BCUT2D eigenvalue weighted by atomic mass is 35.5. The second kappa shape index (κ2) is 11.6. The number of benzene rings is 3. The van der Waals surface area contributed by atoms with E-state index < -0.39 is 0 Å². The monoisotopic (exact) mass is 534 g/mol. The van der Waals surface area contributed by atoms with Crippen LogP contribution in [0.2, 0.25) is 10.0 Å². The zero-order valence-electron chi connectivity index (χ0n) is 20.9. The van der Waals surface area contributed by atoms with Crippen molar-refractivity contribution in [2.24, 2.45) is 5.92 Å². The van der Waals surface area contributed by atoms with Gasteiger partial charge in [-0.2, -0.15) is 5.10 Å². The predicted molar refractivity (Wildman–Crippen MR) is 150 cm³/mol. The summed E-state index contributed by atoms with van der Waals surface area (Å²) in [5, 5.41) is 8.46. The number of carbonyl (C=O) groups excluding carboxylic acids is 2. The Morgan fingerprint density at radius 1 is 0.946 bits per heavy atom. The van der Waals surface area contributed by atoms with E-state index in [4.69, 9.17) is 28.3 Å². The van der Waals surface area contributed by atoms with E-state index in [1.165, 1.54) is 0 Å². The van der Waals surface area contributed by atoms with Gasteiger partial charge < -0.3 is 10.2 Å². The van der Waals surface area contributed by atoms with Crippen LogP contribution in [0.4, 0.5) is 5.82 Å². The minimum absolute atomic E-state index is 0.0986. The maximum absolute atomic E-state index is 13.3. The SMILES string of the molecule is Cc1ccccc1C(=O)N(CC(=O)Nc1cc(-c2ccccc2)nn1-c1ccc(Cl)c(Cl)c1)CC(C)C. The van der Waals surface area contributed by atoms with Gasteiger partial charge in [0.1, 0.15) is 12.4 Å². The van der Waals surface area contributed by atoms with Gasteiger partial charge in [-0.25, -0.2) is 4.68 Å². The van der Waals surface area contributed by atoms with Crippen LogP contribution in [0.25, 0.3) is 16.9 Å². The minimum atomic E-state index is -0.330. The third kappa shape index (κ3) is 6.40. The molecule has 0 saturated heterocycles. The number of carbonyl (C=O) groups is 2. The molecule has 0 aliphatic rings. The standard InChI is InChI=1S/C29H28Cl2N4O2/c1-19(2)17-34(29(37)23-12-8-7-9-20(23)3)18-28(36)32-27-16-26(21-10-5-4-6-11-21)33-35(27)22-13-14-24(30)25(31)15-22/h4-16,19H,17-18H2,1-3H3,(H,32,36). The van der Waals surface area contributed by atoms with Crippen molar-refractivity contribution in [2.75, 3.05) is 18.4 Å². The number of aryl methyl sites for hydroxylation is 1. The van der Waals surface area contributed by atoms with Crippen molar-refractivity contribution in [1.82, 2.24) is 14.7 Å². The second-order valence-electron chi connectivity index (χ2n) is 9.23. The summed E-state index contributed by atoms with van der Waals surface area (Å²) in [7, 11) is 0. The number of nitrogens with zero attached hydrogens (tertiary/aromatic N) is 3. The predicted octanol–water partition coefficient (Wildman–Crippen LogP) is 6.89. The first kappa shape index (κ1) is 26.5. The number of aromatic nitrogens is 2. The maximum atomic E-state index is 13.3. The maximum Gasteiger partial charge on any atom is 0.254 e. The summed E-state index contributed by atoms with van der Waals surface area (Å²) in [5.74, 6) is 0.135. The third-order valence-corrected chi connectivity index (χ3v) is 6.52. The van der Waals surface area contributed by atoms with E-state index in [1.54, 1.807) is 39.9 Å². The van der Waals surface area contributed by atoms with Crippen LogP contribution in [0.3, 0.4) is 0 Å². The molecule has 0 atom stereocenters. The fourth-order valence-electron chi connectivity index (χ4n) is 4.03. The van der Waals surface area contributed by atoms with E-state index in [0.29, 0.717) is 39.4 Å². The Bertz CT molecular complexity index is 1420. The van der Waals surface area contributed by atoms with Crippen LogP contribution in [0.1, 0.15) is 29.8 Å². The molecule has 37 heavy (non-hydrogen) atoms. The van der Waals surface area contributed by atoms with Gasteiger partial charge in [0, 0.05) is 23.7 Å². The quantitative estimate of drug-likeness (QED) is 0.267. The first-order valence-electron chi connectivity index (χ1n) is 12.0. The number of anilines is 1. The van der Waals surface area contributed by atoms with Gasteiger partial charge in [0.05, 0.1) is 21.4 Å². The molecule has 4 rings (SSSR count). The van der Waals surface area contributed by atoms with Gasteiger partial charge in [0.15, 0.2) is 0 Å². The summed E-state index contributed by atoms with van der Waals surface area (Å²) in [6.07, 6.45) is 0. The highest BCUT2D eigenvalue weighted by Crippen LogP contribution is 2.29. The van der Waals surface area contributed by atoms with E-state index in [9.17, 15) is 9.59 Å². The fourth-order valence-corrected chi connectivity index (χ4v) is 4.33. The largest absolute Gasteiger partial charge is 0.329 e. The third-order valence-electron chi connectivity index (χ3n) is 5.78. The van der Waals surface area contributed by atoms with Gasteiger partial charge in [-0.3, -0.25) is 9.59 Å². The molecule has 190 valence electrons. The summed E-state index contributed by atoms with van der Waals surface area (Å²) in [4.78, 5) is 28.2. The zero-order chi connectivity index (χ0) is 26.5. The lowest BCUT2D eigenvalue weighted by Crippen LogP contribution is -2.40. The lowest BCUT2D eigenvalue weighted by Gasteiger charge is -2.25. The Kier molecular flexibility index (Phi) is 8.31. The number of nitrogens with one attached hydrogen (secondary N) is 1. The Labute approximate surface area is 226 Å². The van der Waals surface area contributed by atoms with Crippen LogP contribution < -0.4 is 5.32 Å². The Hall–Kier alpha value is -3.61. The van der Waals surface area contributed by atoms with Crippen molar-refractivity contribution in [2.45, 2.75) is 20.8 Å². The molecule has 0 unspecified atom stereocenters. The first-order chi connectivity index (χ1) is 17.7. The Morgan fingerprint density at radius 3 is 2.32 bits per heavy atom. The molecule has 1 aromatic heterocycles. The highest BCUT2D eigenvalue weighted by Gasteiger charge is 2.22. The molecule has 2 amide bonds. The summed E-state index contributed by atoms with van der Waals surface area (Å²) in [6.45, 7) is 6.27. The van der Waals surface area contributed by atoms with Gasteiger partial charge in [-0.15, -0.1) is 0 Å². The van der Waals surface area contributed by atoms with Crippen LogP contribution in [0.15, 0.2) is 78.9 Å². The zero-order valence-corrected chi connectivity index (χ0v) is 22.4. The molecule has 1 N–H and O–H groups in total. The Balaban J connectivity index is 1.64. The van der Waals surface area contributed by atoms with Crippen molar-refractivity contribution in [1.29, 1.82) is 0 Å². The van der Waals surface area contributed by atoms with Crippen molar-refractivity contribution < 1.29 is 9.59 Å². The Morgan fingerprint density at radius 2 is 1.65 bits per heavy atom. The molecule has 0 spiro atoms. The van der Waals surface area contributed by atoms with E-state index in [1.807, 2.05) is 69.3 Å². The summed E-state index contributed by atoms with van der Waals surface area (Å²) in [6, 6.07) is 24.0. The van der Waals surface area contributed by atoms with Crippen LogP contribution in [0.5, 0.6) is 0 Å². The number of rotatable bonds is 8. The molecule has 3 aromatic carbocycles. The molecule has 8 heteroatoms. The van der Waals surface area contributed by atoms with Gasteiger partial charge in [0.2, 0.25) is 5.91 Å². The average molecular weight is 535 g/mol. The normalized spacial score (nSPS) is 11.0. The van der Waals surface area contributed by atoms with Crippen molar-refractivity contribution in [3.63, 3.8) is 0 Å². The fraction of sp³-hybridized carbons (Fsp3) is 0.207. The van der Waals surface area contributed by atoms with Gasteiger partial charge in [0.25, 0.3) is 5.91 Å². The molecule has 0 aliphatic heterocycles. The molecule has 1 heterocycles. The lowest BCUT2D eigenvalue weighted by atomic mass is 10.1.